The number of fused-ring (bicyclic) bond motifs is 1. The molecule has 27 heavy (non-hydrogen) atoms. The summed E-state index contributed by atoms with van der Waals surface area (Å²) in [5.74, 6) is 5.87. The van der Waals surface area contributed by atoms with Gasteiger partial charge in [-0.05, 0) is 12.1 Å². The number of nitrogens with zero attached hydrogens (tertiary/aromatic N) is 3. The molecule has 0 saturated heterocycles. The molecule has 0 aliphatic rings. The molecule has 3 aromatic rings. The number of aliphatic hydroxyl groups excluding tert-OH is 1. The summed E-state index contributed by atoms with van der Waals surface area (Å²) in [7, 11) is 0.395. The molecule has 2 aromatic carbocycles. The molecule has 3 rings (SSSR count). The Hall–Kier alpha value is -2.86. The zero-order valence-corrected chi connectivity index (χ0v) is 15.9. The van der Waals surface area contributed by atoms with Crippen LogP contribution in [0.2, 0.25) is 0 Å². The minimum absolute atomic E-state index is 0.213. The van der Waals surface area contributed by atoms with E-state index in [1.807, 2.05) is 30.3 Å². The van der Waals surface area contributed by atoms with E-state index in [1.165, 1.54) is 27.4 Å². The lowest BCUT2D eigenvalue weighted by molar-refractivity contribution is 0.232. The van der Waals surface area contributed by atoms with Crippen molar-refractivity contribution in [2.24, 2.45) is 0 Å². The Labute approximate surface area is 158 Å². The summed E-state index contributed by atoms with van der Waals surface area (Å²) in [6.45, 7) is 0. The lowest BCUT2D eigenvalue weighted by atomic mass is 10.1. The molecule has 7 nitrogen and oxygen atoms in total. The SMILES string of the molecule is COc1c(C(O)C#Cc2ccccc2)ccc2cnn(S(=O)(=O)N(C)C)c12. The molecule has 0 aliphatic heterocycles. The van der Waals surface area contributed by atoms with Gasteiger partial charge in [0.05, 0.1) is 13.3 Å². The van der Waals surface area contributed by atoms with Crippen LogP contribution in [0.1, 0.15) is 17.2 Å². The van der Waals surface area contributed by atoms with Gasteiger partial charge >= 0.3 is 10.2 Å². The second kappa shape index (κ2) is 7.40. The van der Waals surface area contributed by atoms with Crippen LogP contribution in [0.15, 0.2) is 48.7 Å². The maximum Gasteiger partial charge on any atom is 0.323 e. The number of aliphatic hydroxyl groups is 1. The Balaban J connectivity index is 2.14. The van der Waals surface area contributed by atoms with Gasteiger partial charge in [0.2, 0.25) is 0 Å². The third-order valence-electron chi connectivity index (χ3n) is 3.99. The van der Waals surface area contributed by atoms with E-state index >= 15 is 0 Å². The van der Waals surface area contributed by atoms with Crippen LogP contribution in [0.3, 0.4) is 0 Å². The molecule has 8 heteroatoms. The van der Waals surface area contributed by atoms with Gasteiger partial charge in [-0.3, -0.25) is 0 Å². The highest BCUT2D eigenvalue weighted by Crippen LogP contribution is 2.34. The smallest absolute Gasteiger partial charge is 0.323 e. The summed E-state index contributed by atoms with van der Waals surface area (Å²) in [4.78, 5) is 0. The first-order valence-corrected chi connectivity index (χ1v) is 9.48. The topological polar surface area (TPSA) is 84.7 Å². The van der Waals surface area contributed by atoms with E-state index in [4.69, 9.17) is 4.74 Å². The van der Waals surface area contributed by atoms with Crippen molar-refractivity contribution in [1.29, 1.82) is 0 Å². The molecule has 1 atom stereocenters. The molecule has 0 amide bonds. The lowest BCUT2D eigenvalue weighted by Crippen LogP contribution is -2.29. The molecular formula is C19H19N3O4S. The number of ether oxygens (including phenoxy) is 1. The summed E-state index contributed by atoms with van der Waals surface area (Å²) in [5.41, 5.74) is 1.38. The molecule has 0 saturated carbocycles. The highest BCUT2D eigenvalue weighted by atomic mass is 32.2. The summed E-state index contributed by atoms with van der Waals surface area (Å²) >= 11 is 0. The molecule has 0 fully saturated rings. The quantitative estimate of drug-likeness (QED) is 0.692. The number of benzene rings is 2. The van der Waals surface area contributed by atoms with Crippen molar-refractivity contribution in [3.8, 4) is 17.6 Å². The van der Waals surface area contributed by atoms with Crippen LogP contribution in [-0.2, 0) is 10.2 Å². The van der Waals surface area contributed by atoms with Crippen LogP contribution in [0, 0.1) is 11.8 Å². The van der Waals surface area contributed by atoms with Crippen molar-refractivity contribution >= 4 is 21.1 Å². The van der Waals surface area contributed by atoms with Gasteiger partial charge in [0.25, 0.3) is 0 Å². The molecule has 140 valence electrons. The second-order valence-electron chi connectivity index (χ2n) is 5.94. The van der Waals surface area contributed by atoms with Crippen molar-refractivity contribution in [2.45, 2.75) is 6.10 Å². The Kier molecular flexibility index (Phi) is 5.19. The van der Waals surface area contributed by atoms with Crippen LogP contribution in [-0.4, -0.2) is 48.2 Å². The van der Waals surface area contributed by atoms with Gasteiger partial charge in [0.1, 0.15) is 11.6 Å². The summed E-state index contributed by atoms with van der Waals surface area (Å²) in [5, 5.41) is 15.1. The van der Waals surface area contributed by atoms with Gasteiger partial charge in [-0.25, -0.2) is 0 Å². The van der Waals surface area contributed by atoms with Crippen LogP contribution >= 0.6 is 0 Å². The zero-order chi connectivity index (χ0) is 19.6. The van der Waals surface area contributed by atoms with Crippen LogP contribution in [0.25, 0.3) is 10.9 Å². The first-order valence-electron chi connectivity index (χ1n) is 8.08. The van der Waals surface area contributed by atoms with Crippen molar-refractivity contribution in [3.63, 3.8) is 0 Å². The Morgan fingerprint density at radius 1 is 1.19 bits per heavy atom. The minimum atomic E-state index is -3.85. The predicted octanol–water partition coefficient (Wildman–Crippen LogP) is 1.78. The van der Waals surface area contributed by atoms with Gasteiger partial charge in [0.15, 0.2) is 5.75 Å². The van der Waals surface area contributed by atoms with Crippen LogP contribution < -0.4 is 4.74 Å². The van der Waals surface area contributed by atoms with Crippen molar-refractivity contribution in [3.05, 3.63) is 59.8 Å². The third-order valence-corrected chi connectivity index (χ3v) is 5.63. The molecular weight excluding hydrogens is 366 g/mol. The van der Waals surface area contributed by atoms with E-state index in [0.29, 0.717) is 10.9 Å². The first-order chi connectivity index (χ1) is 12.9. The lowest BCUT2D eigenvalue weighted by Gasteiger charge is -2.15. The van der Waals surface area contributed by atoms with Gasteiger partial charge in [-0.2, -0.15) is 17.8 Å². The molecule has 1 unspecified atom stereocenters. The Bertz CT molecular complexity index is 1130. The Morgan fingerprint density at radius 2 is 1.89 bits per heavy atom. The monoisotopic (exact) mass is 385 g/mol. The number of rotatable bonds is 4. The average molecular weight is 385 g/mol. The van der Waals surface area contributed by atoms with Crippen LogP contribution in [0.4, 0.5) is 0 Å². The fraction of sp³-hybridized carbons (Fsp3) is 0.211. The van der Waals surface area contributed by atoms with E-state index in [0.717, 1.165) is 14.0 Å². The normalized spacial score (nSPS) is 12.6. The number of hydrogen-bond donors (Lipinski definition) is 1. The second-order valence-corrected chi connectivity index (χ2v) is 7.91. The maximum atomic E-state index is 12.5. The summed E-state index contributed by atoms with van der Waals surface area (Å²) in [6, 6.07) is 12.6. The summed E-state index contributed by atoms with van der Waals surface area (Å²) in [6.07, 6.45) is 0.278. The standard InChI is InChI=1S/C19H19N3O4S/c1-21(2)27(24,25)22-18-15(13-20-22)10-11-16(19(18)26-3)17(23)12-9-14-7-5-4-6-8-14/h4-8,10-11,13,17,23H,1-3H3. The van der Waals surface area contributed by atoms with Gasteiger partial charge in [0, 0.05) is 30.6 Å². The molecule has 0 bridgehead atoms. The van der Waals surface area contributed by atoms with E-state index < -0.39 is 16.3 Å². The molecule has 0 aliphatic carbocycles. The van der Waals surface area contributed by atoms with E-state index in [9.17, 15) is 13.5 Å². The van der Waals surface area contributed by atoms with Gasteiger partial charge in [-0.1, -0.05) is 42.2 Å². The third kappa shape index (κ3) is 3.53. The molecule has 0 radical (unpaired) electrons. The highest BCUT2D eigenvalue weighted by molar-refractivity contribution is 7.87. The largest absolute Gasteiger partial charge is 0.494 e. The van der Waals surface area contributed by atoms with Gasteiger partial charge < -0.3 is 9.84 Å². The zero-order valence-electron chi connectivity index (χ0n) is 15.1. The first kappa shape index (κ1) is 18.9. The van der Waals surface area contributed by atoms with Gasteiger partial charge in [-0.15, -0.1) is 4.09 Å². The highest BCUT2D eigenvalue weighted by Gasteiger charge is 2.25. The summed E-state index contributed by atoms with van der Waals surface area (Å²) < 4.78 is 32.5. The number of aromatic nitrogens is 2. The Morgan fingerprint density at radius 3 is 2.52 bits per heavy atom. The fourth-order valence-electron chi connectivity index (χ4n) is 2.59. The van der Waals surface area contributed by atoms with E-state index in [2.05, 4.69) is 16.9 Å². The molecule has 1 N–H and O–H groups in total. The maximum absolute atomic E-state index is 12.5. The number of hydrogen-bond acceptors (Lipinski definition) is 5. The van der Waals surface area contributed by atoms with Crippen molar-refractivity contribution in [2.75, 3.05) is 21.2 Å². The fourth-order valence-corrected chi connectivity index (χ4v) is 3.48. The molecule has 1 heterocycles. The molecule has 0 spiro atoms. The van der Waals surface area contributed by atoms with Crippen LogP contribution in [0.5, 0.6) is 5.75 Å². The number of methoxy groups -OCH3 is 1. The molecule has 1 aromatic heterocycles. The van der Waals surface area contributed by atoms with Crippen molar-refractivity contribution < 1.29 is 18.3 Å². The minimum Gasteiger partial charge on any atom is -0.494 e. The average Bonchev–Trinajstić information content (AvgIpc) is 3.11. The van der Waals surface area contributed by atoms with E-state index in [-0.39, 0.29) is 11.3 Å². The van der Waals surface area contributed by atoms with Crippen molar-refractivity contribution in [1.82, 2.24) is 13.5 Å². The van der Waals surface area contributed by atoms with E-state index in [1.54, 1.807) is 12.1 Å². The predicted molar refractivity (Wildman–Crippen MR) is 103 cm³/mol.